The van der Waals surface area contributed by atoms with E-state index in [1.807, 2.05) is 43.3 Å². The predicted octanol–water partition coefficient (Wildman–Crippen LogP) is 5.55. The number of benzene rings is 1. The Morgan fingerprint density at radius 2 is 2.12 bits per heavy atom. The van der Waals surface area contributed by atoms with Crippen molar-refractivity contribution < 1.29 is 9.90 Å². The SMILES string of the molecule is [2H]C([2H])([2H])C([2H])(C)Cc1ccc2c(n1)oc1c(-c3cc(C)ccn3)cccc12. The van der Waals surface area contributed by atoms with Crippen molar-refractivity contribution in [1.82, 2.24) is 9.97 Å². The summed E-state index contributed by atoms with van der Waals surface area (Å²) < 4.78 is 36.9. The first-order valence-corrected chi connectivity index (χ1v) is 7.90. The maximum atomic E-state index is 8.16. The lowest BCUT2D eigenvalue weighted by atomic mass is 10.0. The first-order valence-electron chi connectivity index (χ1n) is 9.90. The standard InChI is InChI=1S/C21H20N2O/c1-13(2)11-15-7-8-17-16-5-4-6-18(20(16)24-21(17)23-15)19-12-14(3)9-10-22-19/h4-10,12-13H,11H2,1-3H3/i1D3,13D. The van der Waals surface area contributed by atoms with Crippen molar-refractivity contribution in [2.24, 2.45) is 5.89 Å². The highest BCUT2D eigenvalue weighted by Gasteiger charge is 2.14. The van der Waals surface area contributed by atoms with Crippen molar-refractivity contribution in [2.45, 2.75) is 27.1 Å². The third-order valence-corrected chi connectivity index (χ3v) is 4.06. The summed E-state index contributed by atoms with van der Waals surface area (Å²) in [6.45, 7) is 1.04. The number of fused-ring (bicyclic) bond motifs is 3. The Balaban J connectivity index is 1.83. The largest absolute Gasteiger partial charge is 0.437 e. The number of aromatic nitrogens is 2. The molecule has 0 saturated heterocycles. The Morgan fingerprint density at radius 3 is 2.96 bits per heavy atom. The van der Waals surface area contributed by atoms with Crippen LogP contribution in [0.25, 0.3) is 33.3 Å². The molecule has 120 valence electrons. The van der Waals surface area contributed by atoms with E-state index in [1.54, 1.807) is 12.3 Å². The van der Waals surface area contributed by atoms with Gasteiger partial charge in [-0.15, -0.1) is 0 Å². The van der Waals surface area contributed by atoms with E-state index >= 15 is 0 Å². The van der Waals surface area contributed by atoms with E-state index in [0.29, 0.717) is 17.0 Å². The van der Waals surface area contributed by atoms with E-state index in [0.717, 1.165) is 27.6 Å². The summed E-state index contributed by atoms with van der Waals surface area (Å²) in [4.78, 5) is 8.96. The Morgan fingerprint density at radius 1 is 1.21 bits per heavy atom. The molecular formula is C21H20N2O. The number of aryl methyl sites for hydroxylation is 1. The fourth-order valence-electron chi connectivity index (χ4n) is 2.97. The van der Waals surface area contributed by atoms with Gasteiger partial charge in [0.15, 0.2) is 0 Å². The van der Waals surface area contributed by atoms with Gasteiger partial charge in [0, 0.05) is 33.7 Å². The van der Waals surface area contributed by atoms with Crippen LogP contribution < -0.4 is 0 Å². The van der Waals surface area contributed by atoms with Crippen LogP contribution in [0.1, 0.15) is 30.5 Å². The maximum absolute atomic E-state index is 8.16. The topological polar surface area (TPSA) is 38.9 Å². The number of para-hydroxylation sites is 1. The van der Waals surface area contributed by atoms with E-state index in [2.05, 4.69) is 9.97 Å². The second-order valence-corrected chi connectivity index (χ2v) is 6.12. The normalized spacial score (nSPS) is 17.1. The van der Waals surface area contributed by atoms with Gasteiger partial charge in [0.2, 0.25) is 5.71 Å². The molecule has 1 unspecified atom stereocenters. The number of pyridine rings is 2. The van der Waals surface area contributed by atoms with E-state index in [9.17, 15) is 0 Å². The number of hydrogen-bond acceptors (Lipinski definition) is 3. The van der Waals surface area contributed by atoms with Gasteiger partial charge in [-0.2, -0.15) is 0 Å². The molecule has 3 heterocycles. The van der Waals surface area contributed by atoms with Crippen LogP contribution in [0.15, 0.2) is 53.1 Å². The second kappa shape index (κ2) is 5.75. The quantitative estimate of drug-likeness (QED) is 0.497. The molecule has 0 bridgehead atoms. The smallest absolute Gasteiger partial charge is 0.227 e. The van der Waals surface area contributed by atoms with E-state index in [-0.39, 0.29) is 6.42 Å². The molecule has 0 aliphatic carbocycles. The minimum Gasteiger partial charge on any atom is -0.437 e. The van der Waals surface area contributed by atoms with Gasteiger partial charge in [0.25, 0.3) is 0 Å². The average Bonchev–Trinajstić information content (AvgIpc) is 2.98. The maximum Gasteiger partial charge on any atom is 0.227 e. The molecule has 1 aromatic carbocycles. The molecule has 0 aliphatic heterocycles. The summed E-state index contributed by atoms with van der Waals surface area (Å²) >= 11 is 0. The number of rotatable bonds is 3. The molecule has 0 amide bonds. The van der Waals surface area contributed by atoms with Crippen LogP contribution in [-0.2, 0) is 6.42 Å². The fourth-order valence-corrected chi connectivity index (χ4v) is 2.97. The van der Waals surface area contributed by atoms with Crippen molar-refractivity contribution in [3.8, 4) is 11.3 Å². The lowest BCUT2D eigenvalue weighted by Gasteiger charge is -2.02. The molecule has 3 aromatic heterocycles. The molecule has 4 aromatic rings. The van der Waals surface area contributed by atoms with Gasteiger partial charge in [0.05, 0.1) is 5.69 Å². The third kappa shape index (κ3) is 2.56. The van der Waals surface area contributed by atoms with Crippen molar-refractivity contribution in [3.05, 3.63) is 59.9 Å². The van der Waals surface area contributed by atoms with Gasteiger partial charge in [-0.3, -0.25) is 4.98 Å². The average molecular weight is 320 g/mol. The predicted molar refractivity (Wildman–Crippen MR) is 98.0 cm³/mol. The summed E-state index contributed by atoms with van der Waals surface area (Å²) in [6, 6.07) is 13.5. The molecule has 3 nitrogen and oxygen atoms in total. The summed E-state index contributed by atoms with van der Waals surface area (Å²) in [6.07, 6.45) is 1.79. The van der Waals surface area contributed by atoms with Crippen molar-refractivity contribution >= 4 is 22.1 Å². The third-order valence-electron chi connectivity index (χ3n) is 4.06. The van der Waals surface area contributed by atoms with Gasteiger partial charge in [0.1, 0.15) is 5.58 Å². The Bertz CT molecular complexity index is 1180. The van der Waals surface area contributed by atoms with Crippen LogP contribution in [0.5, 0.6) is 0 Å². The van der Waals surface area contributed by atoms with Gasteiger partial charge >= 0.3 is 0 Å². The summed E-state index contributed by atoms with van der Waals surface area (Å²) in [7, 11) is 0. The highest BCUT2D eigenvalue weighted by Crippen LogP contribution is 2.34. The molecule has 0 spiro atoms. The van der Waals surface area contributed by atoms with Crippen LogP contribution in [-0.4, -0.2) is 9.97 Å². The first-order chi connectivity index (χ1) is 13.2. The Hall–Kier alpha value is -2.68. The molecular weight excluding hydrogens is 296 g/mol. The van der Waals surface area contributed by atoms with Crippen LogP contribution in [0.3, 0.4) is 0 Å². The zero-order valence-corrected chi connectivity index (χ0v) is 13.6. The molecule has 0 radical (unpaired) electrons. The number of furan rings is 1. The van der Waals surface area contributed by atoms with Crippen molar-refractivity contribution in [3.63, 3.8) is 0 Å². The molecule has 1 atom stereocenters. The van der Waals surface area contributed by atoms with Gasteiger partial charge in [-0.1, -0.05) is 25.9 Å². The molecule has 0 fully saturated rings. The number of nitrogens with zero attached hydrogens (tertiary/aromatic N) is 2. The zero-order valence-electron chi connectivity index (χ0n) is 17.6. The van der Waals surface area contributed by atoms with Gasteiger partial charge < -0.3 is 4.42 Å². The monoisotopic (exact) mass is 320 g/mol. The highest BCUT2D eigenvalue weighted by molar-refractivity contribution is 6.08. The van der Waals surface area contributed by atoms with Crippen LogP contribution in [0, 0.1) is 12.8 Å². The Kier molecular flexibility index (Phi) is 2.63. The molecule has 0 aliphatic rings. The van der Waals surface area contributed by atoms with E-state index in [1.165, 1.54) is 6.92 Å². The van der Waals surface area contributed by atoms with Gasteiger partial charge in [-0.05, 0) is 55.1 Å². The van der Waals surface area contributed by atoms with Crippen LogP contribution in [0.2, 0.25) is 0 Å². The van der Waals surface area contributed by atoms with Gasteiger partial charge in [-0.25, -0.2) is 4.98 Å². The second-order valence-electron chi connectivity index (χ2n) is 6.12. The lowest BCUT2D eigenvalue weighted by molar-refractivity contribution is 0.621. The van der Waals surface area contributed by atoms with Crippen molar-refractivity contribution in [2.75, 3.05) is 0 Å². The number of hydrogen-bond donors (Lipinski definition) is 0. The minimum absolute atomic E-state index is 0.0166. The molecule has 24 heavy (non-hydrogen) atoms. The summed E-state index contributed by atoms with van der Waals surface area (Å²) in [5, 5.41) is 1.79. The Labute approximate surface area is 147 Å². The molecule has 3 heteroatoms. The fraction of sp³-hybridized carbons (Fsp3) is 0.238. The molecule has 4 rings (SSSR count). The summed E-state index contributed by atoms with van der Waals surface area (Å²) in [5.41, 5.74) is 4.48. The first kappa shape index (κ1) is 11.0. The highest BCUT2D eigenvalue weighted by atomic mass is 16.3. The molecule has 0 saturated carbocycles. The summed E-state index contributed by atoms with van der Waals surface area (Å²) in [5.74, 6) is -1.61. The van der Waals surface area contributed by atoms with Crippen molar-refractivity contribution in [1.29, 1.82) is 0 Å². The minimum atomic E-state index is -2.39. The zero-order chi connectivity index (χ0) is 20.1. The van der Waals surface area contributed by atoms with E-state index in [4.69, 9.17) is 9.90 Å². The van der Waals surface area contributed by atoms with Crippen LogP contribution >= 0.6 is 0 Å². The molecule has 0 N–H and O–H groups in total. The lowest BCUT2D eigenvalue weighted by Crippen LogP contribution is -1.96. The van der Waals surface area contributed by atoms with E-state index < -0.39 is 12.7 Å². The van der Waals surface area contributed by atoms with Crippen LogP contribution in [0.4, 0.5) is 0 Å².